The molecule has 0 atom stereocenters. The number of fused-ring (bicyclic) bond motifs is 28. The van der Waals surface area contributed by atoms with E-state index < -0.39 is 0 Å². The summed E-state index contributed by atoms with van der Waals surface area (Å²) in [4.78, 5) is 42.6. The monoisotopic (exact) mass is 1770 g/mol. The number of carbonyl (C=O) groups excluding carboxylic acids is 3. The number of carbonyl (C=O) groups is 3. The largest absolute Gasteiger partial charge is 1.00 e. The van der Waals surface area contributed by atoms with E-state index in [0.717, 1.165) is 260 Å². The molecule has 16 heterocycles. The van der Waals surface area contributed by atoms with Crippen LogP contribution in [0.1, 0.15) is 138 Å². The normalized spacial score (nSPS) is 16.8. The Labute approximate surface area is 751 Å². The minimum absolute atomic E-state index is 0. The second kappa shape index (κ2) is 32.1. The number of aryl methyl sites for hydroxylation is 6. The van der Waals surface area contributed by atoms with Gasteiger partial charge in [-0.15, -0.1) is 0 Å². The van der Waals surface area contributed by atoms with Gasteiger partial charge in [0.1, 0.15) is 16.2 Å². The van der Waals surface area contributed by atoms with Crippen LogP contribution < -0.4 is 127 Å². The first-order chi connectivity index (χ1) is 60.5. The van der Waals surface area contributed by atoms with Crippen LogP contribution in [0.3, 0.4) is 0 Å². The van der Waals surface area contributed by atoms with Crippen molar-refractivity contribution in [3.05, 3.63) is 190 Å². The maximum atomic E-state index is 13.8. The zero-order valence-corrected chi connectivity index (χ0v) is 73.5. The van der Waals surface area contributed by atoms with E-state index >= 15 is 0 Å². The van der Waals surface area contributed by atoms with Crippen molar-refractivity contribution in [1.29, 1.82) is 0 Å². The molecule has 15 aliphatic rings. The van der Waals surface area contributed by atoms with Crippen LogP contribution in [0, 0.1) is 38.5 Å². The van der Waals surface area contributed by atoms with E-state index in [1.807, 2.05) is 38.1 Å². The van der Waals surface area contributed by atoms with Gasteiger partial charge in [0.25, 0.3) is 0 Å². The van der Waals surface area contributed by atoms with E-state index in [2.05, 4.69) is 139 Å². The Hall–Kier alpha value is -12.6. The zero-order valence-electron chi connectivity index (χ0n) is 71.2. The standard InChI is InChI=1S/C29H28NO5.C26H22NO5.C26H24NO5.C20H17NO4.3ClH/c1-16-20-8-9-22-29(35-15-32-22)25(20)27(17(2)28(31)18-6-4-3-5-7-18)30-11-10-19-12-23-24(34-14-33-23)13-21(19)26(16)30;1-13-17-5-6-19-26(32-12-29-19)22(17)24(14(2)25(28)15-3-4-15)27-8-7-16-9-20-21(31-11-30-20)10-18(16)23(13)27;1-13(2)25(28)15(4)24-22-17(5-6-19-26(22)32-12-29-19)14(3)23-18-10-21-20(30-11-31-21)9-16(18)7-8-27(23)24;1-11-13-2-3-16-20(25-10-22-16)15(13)8-21-5-4-12-6-17-18(24-9-23-17)7-14(12)19(11)21;;;/h8-9,12-13,18H,2-7,10-11,14-15H2,1H3;5-6,9-10,15H,2-4,7-8,11-12H2,1H3;5-6,9-10,13H,4,7-8,11-12H2,1-3H3;2-3,6-7H,4-5,8-10H2,1H3;3*1H/q3*+1;;;;/p-3. The van der Waals surface area contributed by atoms with E-state index in [-0.39, 0.29) is 113 Å². The maximum Gasteiger partial charge on any atom is 0.231 e. The molecule has 13 aliphatic heterocycles. The molecular weight excluding hydrogens is 1680 g/mol. The highest BCUT2D eigenvalue weighted by molar-refractivity contribution is 6.26. The van der Waals surface area contributed by atoms with Gasteiger partial charge < -0.3 is 118 Å². The minimum atomic E-state index is -0.159. The number of Topliss-reactive ketones (excluding diaryl/α,β-unsaturated/α-hetero) is 3. The smallest absolute Gasteiger partial charge is 0.231 e. The second-order valence-electron chi connectivity index (χ2n) is 34.6. The summed E-state index contributed by atoms with van der Waals surface area (Å²) < 4.78 is 98.0. The molecule has 0 bridgehead atoms. The highest BCUT2D eigenvalue weighted by Crippen LogP contribution is 2.55. The van der Waals surface area contributed by atoms with E-state index in [1.165, 1.54) is 56.6 Å². The van der Waals surface area contributed by atoms with Crippen LogP contribution in [0.2, 0.25) is 0 Å². The summed E-state index contributed by atoms with van der Waals surface area (Å²) in [5.74, 6) is 12.7. The third-order valence-electron chi connectivity index (χ3n) is 27.4. The van der Waals surface area contributed by atoms with Gasteiger partial charge in [0.2, 0.25) is 88.5 Å². The van der Waals surface area contributed by atoms with Crippen LogP contribution in [0.15, 0.2) is 117 Å². The van der Waals surface area contributed by atoms with Gasteiger partial charge in [-0.3, -0.25) is 14.4 Å². The topological polar surface area (TPSA) is 214 Å². The molecule has 127 heavy (non-hydrogen) atoms. The van der Waals surface area contributed by atoms with Crippen molar-refractivity contribution in [2.75, 3.05) is 60.9 Å². The van der Waals surface area contributed by atoms with Crippen molar-refractivity contribution in [3.8, 4) is 126 Å². The Morgan fingerprint density at radius 3 is 1.07 bits per heavy atom. The quantitative estimate of drug-likeness (QED) is 0.0984. The van der Waals surface area contributed by atoms with Gasteiger partial charge in [0.05, 0.1) is 33.4 Å². The average Bonchev–Trinajstić information content (AvgIpc) is 1.48. The van der Waals surface area contributed by atoms with E-state index in [0.29, 0.717) is 59.1 Å². The first-order valence-corrected chi connectivity index (χ1v) is 43.1. The predicted octanol–water partition coefficient (Wildman–Crippen LogP) is 8.16. The molecule has 650 valence electrons. The van der Waals surface area contributed by atoms with Gasteiger partial charge in [-0.2, -0.15) is 13.7 Å². The number of hydrogen-bond acceptors (Lipinski definition) is 20. The van der Waals surface area contributed by atoms with Gasteiger partial charge in [0.15, 0.2) is 129 Å². The number of ketones is 3. The average molecular weight is 1770 g/mol. The number of halogens is 3. The van der Waals surface area contributed by atoms with Crippen LogP contribution in [-0.4, -0.2) is 83.1 Å². The number of aromatic nitrogens is 3. The van der Waals surface area contributed by atoms with E-state index in [9.17, 15) is 14.4 Å². The van der Waals surface area contributed by atoms with E-state index in [1.54, 1.807) is 0 Å². The van der Waals surface area contributed by atoms with Gasteiger partial charge in [0, 0.05) is 99.8 Å². The van der Waals surface area contributed by atoms with E-state index in [4.69, 9.17) is 75.8 Å². The van der Waals surface area contributed by atoms with Crippen molar-refractivity contribution in [2.45, 2.75) is 138 Å². The van der Waals surface area contributed by atoms with Crippen molar-refractivity contribution >= 4 is 77.7 Å². The molecule has 0 N–H and O–H groups in total. The number of nitrogens with zero attached hydrogens (tertiary/aromatic N) is 4. The first kappa shape index (κ1) is 82.7. The molecule has 26 rings (SSSR count). The predicted molar refractivity (Wildman–Crippen MR) is 459 cm³/mol. The molecule has 2 aliphatic carbocycles. The molecule has 2 saturated carbocycles. The Bertz CT molecular complexity index is 6540. The highest BCUT2D eigenvalue weighted by Gasteiger charge is 2.46. The fraction of sp³-hybridized carbons (Fsp3) is 0.327. The van der Waals surface area contributed by atoms with Crippen molar-refractivity contribution in [3.63, 3.8) is 0 Å². The van der Waals surface area contributed by atoms with Gasteiger partial charge in [-0.05, 0) is 184 Å². The lowest BCUT2D eigenvalue weighted by atomic mass is 9.82. The first-order valence-electron chi connectivity index (χ1n) is 43.1. The fourth-order valence-corrected chi connectivity index (χ4v) is 21.2. The molecule has 8 aromatic carbocycles. The van der Waals surface area contributed by atoms with Gasteiger partial charge in [-0.1, -0.05) is 58.9 Å². The Morgan fingerprint density at radius 1 is 0.362 bits per heavy atom. The maximum absolute atomic E-state index is 13.8. The zero-order chi connectivity index (χ0) is 83.9. The lowest BCUT2D eigenvalue weighted by Gasteiger charge is -2.39. The molecule has 0 spiro atoms. The number of rotatable bonds is 9. The van der Waals surface area contributed by atoms with Gasteiger partial charge in [-0.25, -0.2) is 0 Å². The molecule has 11 aromatic rings. The summed E-state index contributed by atoms with van der Waals surface area (Å²) in [5.41, 5.74) is 25.5. The number of allylic oxidation sites excluding steroid dienone is 4. The summed E-state index contributed by atoms with van der Waals surface area (Å²) in [6.45, 7) is 31.3. The van der Waals surface area contributed by atoms with Crippen LogP contribution in [0.4, 0.5) is 0 Å². The molecule has 0 saturated heterocycles. The number of ether oxygens (including phenoxy) is 16. The van der Waals surface area contributed by atoms with Crippen molar-refractivity contribution in [2.24, 2.45) is 17.8 Å². The number of hydrogen-bond donors (Lipinski definition) is 0. The fourth-order valence-electron chi connectivity index (χ4n) is 21.2. The number of benzene rings is 8. The van der Waals surface area contributed by atoms with Gasteiger partial charge >= 0.3 is 0 Å². The summed E-state index contributed by atoms with van der Waals surface area (Å²) in [6, 6.07) is 33.0. The Balaban J connectivity index is 0.000000106. The second-order valence-corrected chi connectivity index (χ2v) is 34.6. The molecule has 3 aromatic heterocycles. The third-order valence-corrected chi connectivity index (χ3v) is 27.4. The minimum Gasteiger partial charge on any atom is -1.00 e. The van der Waals surface area contributed by atoms with Crippen LogP contribution in [0.25, 0.3) is 94.1 Å². The van der Waals surface area contributed by atoms with Crippen LogP contribution in [-0.2, 0) is 66.2 Å². The lowest BCUT2D eigenvalue weighted by Crippen LogP contribution is -3.00. The van der Waals surface area contributed by atoms with Crippen molar-refractivity contribution in [1.82, 2.24) is 4.90 Å². The molecule has 0 unspecified atom stereocenters. The molecule has 23 nitrogen and oxygen atoms in total. The summed E-state index contributed by atoms with van der Waals surface area (Å²) in [6.07, 6.45) is 10.7. The highest BCUT2D eigenvalue weighted by atomic mass is 35.5. The molecule has 26 heteroatoms. The summed E-state index contributed by atoms with van der Waals surface area (Å²) in [5, 5.41) is 5.87. The molecule has 0 amide bonds. The van der Waals surface area contributed by atoms with Crippen LogP contribution in [0.5, 0.6) is 92.0 Å². The van der Waals surface area contributed by atoms with Crippen LogP contribution >= 0.6 is 0 Å². The number of pyridine rings is 3. The summed E-state index contributed by atoms with van der Waals surface area (Å²) in [7, 11) is 0. The Kier molecular flexibility index (Phi) is 20.9. The lowest BCUT2D eigenvalue weighted by molar-refractivity contribution is -0.688. The SMILES string of the molecule is C=C(C(=O)C(C)C)c1c2c3c(ccc2c(C)c2[n+]1CCc1cc4c(cc1-2)OCO4)OCO3.C=C(C(=O)C1CC1)c1c2c3c(ccc2c(C)c2[n+]1CCc1cc4c(cc1-2)OCO4)OCO3.C=C(C(=O)C1CCCCC1)c1c2c3c(ccc2c(C)c2[n+]1CCc1cc4c(cc1-2)OCO4)OCO3.CC1=C2c3cc4c(cc3CCN2Cc2c1ccc1c2OCO1)OCO4.[Cl-].[Cl-].[Cl-]. The molecule has 0 radical (unpaired) electrons. The third kappa shape index (κ3) is 13.2. The Morgan fingerprint density at radius 2 is 0.685 bits per heavy atom. The summed E-state index contributed by atoms with van der Waals surface area (Å²) >= 11 is 0. The molecule has 2 fully saturated rings. The molecular formula is C101H91Cl3N4O19. The van der Waals surface area contributed by atoms with Crippen molar-refractivity contribution < 1.29 is 141 Å².